The minimum Gasteiger partial charge on any atom is -0.364 e. The van der Waals surface area contributed by atoms with Crippen molar-refractivity contribution in [1.82, 2.24) is 9.78 Å². The fourth-order valence-electron chi connectivity index (χ4n) is 0.934. The summed E-state index contributed by atoms with van der Waals surface area (Å²) in [6, 6.07) is 0. The summed E-state index contributed by atoms with van der Waals surface area (Å²) in [5, 5.41) is 6.22. The molecule has 1 heterocycles. The molecule has 70 valence electrons. The van der Waals surface area contributed by atoms with Crippen LogP contribution in [0.5, 0.6) is 0 Å². The largest absolute Gasteiger partial charge is 0.364 e. The number of nitrogens with zero attached hydrogens (tertiary/aromatic N) is 2. The standard InChI is InChI=1S/C7H10N4O2/c1-2-11-3-5(9-4-12)6(10-11)7(8)13/h3-4H,2H2,1H3,(H2,8,13)(H,9,12). The summed E-state index contributed by atoms with van der Waals surface area (Å²) in [6.45, 7) is 2.48. The van der Waals surface area contributed by atoms with Crippen molar-refractivity contribution in [2.45, 2.75) is 13.5 Å². The second kappa shape index (κ2) is 3.70. The van der Waals surface area contributed by atoms with Crippen molar-refractivity contribution in [3.05, 3.63) is 11.9 Å². The molecule has 1 aromatic rings. The number of carbonyl (C=O) groups excluding carboxylic acids is 2. The van der Waals surface area contributed by atoms with E-state index in [0.29, 0.717) is 18.6 Å². The maximum absolute atomic E-state index is 10.8. The summed E-state index contributed by atoms with van der Waals surface area (Å²) in [5.41, 5.74) is 5.46. The lowest BCUT2D eigenvalue weighted by Crippen LogP contribution is -2.14. The molecule has 0 radical (unpaired) electrons. The maximum Gasteiger partial charge on any atom is 0.271 e. The van der Waals surface area contributed by atoms with Crippen LogP contribution < -0.4 is 11.1 Å². The van der Waals surface area contributed by atoms with Crippen molar-refractivity contribution < 1.29 is 9.59 Å². The van der Waals surface area contributed by atoms with E-state index in [1.807, 2.05) is 6.92 Å². The van der Waals surface area contributed by atoms with Crippen molar-refractivity contribution in [1.29, 1.82) is 0 Å². The van der Waals surface area contributed by atoms with Gasteiger partial charge in [0.1, 0.15) is 0 Å². The molecule has 0 spiro atoms. The zero-order valence-corrected chi connectivity index (χ0v) is 7.15. The van der Waals surface area contributed by atoms with Gasteiger partial charge < -0.3 is 11.1 Å². The summed E-state index contributed by atoms with van der Waals surface area (Å²) in [7, 11) is 0. The van der Waals surface area contributed by atoms with E-state index in [1.54, 1.807) is 6.20 Å². The topological polar surface area (TPSA) is 90.0 Å². The first kappa shape index (κ1) is 9.24. The molecule has 0 aliphatic heterocycles. The molecule has 0 atom stereocenters. The zero-order valence-electron chi connectivity index (χ0n) is 7.15. The van der Waals surface area contributed by atoms with Gasteiger partial charge in [-0.05, 0) is 6.92 Å². The van der Waals surface area contributed by atoms with Crippen molar-refractivity contribution in [2.75, 3.05) is 5.32 Å². The van der Waals surface area contributed by atoms with E-state index in [2.05, 4.69) is 10.4 Å². The minimum atomic E-state index is -0.656. The van der Waals surface area contributed by atoms with Crippen molar-refractivity contribution in [3.63, 3.8) is 0 Å². The Morgan fingerprint density at radius 1 is 1.85 bits per heavy atom. The summed E-state index contributed by atoms with van der Waals surface area (Å²) in [6.07, 6.45) is 2.03. The molecule has 0 aliphatic rings. The number of rotatable bonds is 4. The van der Waals surface area contributed by atoms with Gasteiger partial charge in [0.15, 0.2) is 5.69 Å². The number of nitrogens with two attached hydrogens (primary N) is 1. The van der Waals surface area contributed by atoms with Gasteiger partial charge in [-0.2, -0.15) is 5.10 Å². The zero-order chi connectivity index (χ0) is 9.84. The number of hydrogen-bond acceptors (Lipinski definition) is 3. The molecule has 0 saturated carbocycles. The van der Waals surface area contributed by atoms with E-state index in [9.17, 15) is 9.59 Å². The second-order valence-corrected chi connectivity index (χ2v) is 2.37. The van der Waals surface area contributed by atoms with Gasteiger partial charge in [-0.15, -0.1) is 0 Å². The normalized spacial score (nSPS) is 9.62. The smallest absolute Gasteiger partial charge is 0.271 e. The first-order valence-corrected chi connectivity index (χ1v) is 3.76. The highest BCUT2D eigenvalue weighted by Crippen LogP contribution is 2.11. The number of aromatic nitrogens is 2. The average Bonchev–Trinajstić information content (AvgIpc) is 2.48. The molecule has 0 bridgehead atoms. The van der Waals surface area contributed by atoms with Gasteiger partial charge in [-0.3, -0.25) is 14.3 Å². The first-order chi connectivity index (χ1) is 6.19. The molecule has 2 amide bonds. The van der Waals surface area contributed by atoms with Crippen LogP contribution in [0.3, 0.4) is 0 Å². The van der Waals surface area contributed by atoms with Crippen molar-refractivity contribution >= 4 is 18.0 Å². The van der Waals surface area contributed by atoms with Gasteiger partial charge in [0.2, 0.25) is 6.41 Å². The number of aryl methyl sites for hydroxylation is 1. The van der Waals surface area contributed by atoms with Crippen LogP contribution in [0.1, 0.15) is 17.4 Å². The maximum atomic E-state index is 10.8. The third-order valence-electron chi connectivity index (χ3n) is 1.53. The Balaban J connectivity index is 3.06. The molecule has 1 rings (SSSR count). The fourth-order valence-corrected chi connectivity index (χ4v) is 0.934. The number of anilines is 1. The molecule has 0 unspecified atom stereocenters. The minimum absolute atomic E-state index is 0.0777. The van der Waals surface area contributed by atoms with Crippen molar-refractivity contribution in [3.8, 4) is 0 Å². The average molecular weight is 182 g/mol. The molecule has 1 aromatic heterocycles. The molecule has 0 saturated heterocycles. The Bertz CT molecular complexity index is 331. The van der Waals surface area contributed by atoms with Crippen LogP contribution in [0.25, 0.3) is 0 Å². The van der Waals surface area contributed by atoms with Crippen LogP contribution in [0.15, 0.2) is 6.20 Å². The third-order valence-corrected chi connectivity index (χ3v) is 1.53. The highest BCUT2D eigenvalue weighted by molar-refractivity contribution is 5.98. The van der Waals surface area contributed by atoms with Gasteiger partial charge in [-0.25, -0.2) is 0 Å². The lowest BCUT2D eigenvalue weighted by atomic mass is 10.3. The second-order valence-electron chi connectivity index (χ2n) is 2.37. The van der Waals surface area contributed by atoms with Crippen LogP contribution in [-0.2, 0) is 11.3 Å². The van der Waals surface area contributed by atoms with Gasteiger partial charge in [0.25, 0.3) is 5.91 Å². The van der Waals surface area contributed by atoms with E-state index in [-0.39, 0.29) is 5.69 Å². The van der Waals surface area contributed by atoms with Crippen LogP contribution >= 0.6 is 0 Å². The molecule has 0 fully saturated rings. The van der Waals surface area contributed by atoms with Crippen LogP contribution in [0.4, 0.5) is 5.69 Å². The highest BCUT2D eigenvalue weighted by Gasteiger charge is 2.12. The molecular formula is C7H10N4O2. The predicted octanol–water partition coefficient (Wildman–Crippen LogP) is -0.430. The van der Waals surface area contributed by atoms with E-state index in [1.165, 1.54) is 4.68 Å². The molecule has 0 aromatic carbocycles. The Kier molecular flexibility index (Phi) is 2.63. The number of nitrogens with one attached hydrogen (secondary N) is 1. The Morgan fingerprint density at radius 3 is 3.00 bits per heavy atom. The quantitative estimate of drug-likeness (QED) is 0.619. The van der Waals surface area contributed by atoms with Gasteiger partial charge >= 0.3 is 0 Å². The molecular weight excluding hydrogens is 172 g/mol. The molecule has 6 heteroatoms. The number of primary amides is 1. The number of amides is 2. The Morgan fingerprint density at radius 2 is 2.54 bits per heavy atom. The van der Waals surface area contributed by atoms with Crippen LogP contribution in [-0.4, -0.2) is 22.1 Å². The summed E-state index contributed by atoms with van der Waals surface area (Å²) in [5.74, 6) is -0.656. The summed E-state index contributed by atoms with van der Waals surface area (Å²) >= 11 is 0. The van der Waals surface area contributed by atoms with Gasteiger partial charge in [-0.1, -0.05) is 0 Å². The first-order valence-electron chi connectivity index (χ1n) is 3.76. The fraction of sp³-hybridized carbons (Fsp3) is 0.286. The lowest BCUT2D eigenvalue weighted by molar-refractivity contribution is -0.105. The lowest BCUT2D eigenvalue weighted by Gasteiger charge is -1.92. The van der Waals surface area contributed by atoms with Crippen molar-refractivity contribution in [2.24, 2.45) is 5.73 Å². The van der Waals surface area contributed by atoms with E-state index in [0.717, 1.165) is 0 Å². The van der Waals surface area contributed by atoms with E-state index >= 15 is 0 Å². The number of hydrogen-bond donors (Lipinski definition) is 2. The highest BCUT2D eigenvalue weighted by atomic mass is 16.1. The molecule has 6 nitrogen and oxygen atoms in total. The van der Waals surface area contributed by atoms with Crippen LogP contribution in [0.2, 0.25) is 0 Å². The van der Waals surface area contributed by atoms with Gasteiger partial charge in [0.05, 0.1) is 5.69 Å². The SMILES string of the molecule is CCn1cc(NC=O)c(C(N)=O)n1. The molecule has 13 heavy (non-hydrogen) atoms. The Hall–Kier alpha value is -1.85. The monoisotopic (exact) mass is 182 g/mol. The molecule has 3 N–H and O–H groups in total. The molecule has 0 aliphatic carbocycles. The predicted molar refractivity (Wildman–Crippen MR) is 46.1 cm³/mol. The third kappa shape index (κ3) is 1.84. The summed E-state index contributed by atoms with van der Waals surface area (Å²) < 4.78 is 1.52. The van der Waals surface area contributed by atoms with Crippen LogP contribution in [0, 0.1) is 0 Å². The Labute approximate surface area is 74.7 Å². The summed E-state index contributed by atoms with van der Waals surface area (Å²) in [4.78, 5) is 21.0. The van der Waals surface area contributed by atoms with E-state index in [4.69, 9.17) is 5.73 Å². The number of carbonyl (C=O) groups is 2. The van der Waals surface area contributed by atoms with Gasteiger partial charge in [0, 0.05) is 12.7 Å². The van der Waals surface area contributed by atoms with E-state index < -0.39 is 5.91 Å².